The summed E-state index contributed by atoms with van der Waals surface area (Å²) in [5.41, 5.74) is 1.14. The minimum Gasteiger partial charge on any atom is -0.304 e. The number of imidazole rings is 1. The van der Waals surface area contributed by atoms with E-state index in [1.54, 1.807) is 26.2 Å². The van der Waals surface area contributed by atoms with Gasteiger partial charge in [-0.25, -0.2) is 17.9 Å². The zero-order valence-electron chi connectivity index (χ0n) is 15.6. The molecule has 1 aromatic heterocycles. The van der Waals surface area contributed by atoms with Crippen LogP contribution < -0.4 is 10.4 Å². The second kappa shape index (κ2) is 7.72. The fourth-order valence-electron chi connectivity index (χ4n) is 2.69. The summed E-state index contributed by atoms with van der Waals surface area (Å²) >= 11 is 0. The van der Waals surface area contributed by atoms with Crippen molar-refractivity contribution in [1.29, 1.82) is 0 Å². The number of nitrogens with one attached hydrogen (secondary N) is 1. The molecule has 1 heterocycles. The maximum Gasteiger partial charge on any atom is 0.328 e. The Morgan fingerprint density at radius 2 is 1.76 bits per heavy atom. The molecule has 0 amide bonds. The summed E-state index contributed by atoms with van der Waals surface area (Å²) in [6, 6.07) is 5.24. The van der Waals surface area contributed by atoms with Gasteiger partial charge in [0.2, 0.25) is 10.0 Å². The molecule has 0 saturated heterocycles. The van der Waals surface area contributed by atoms with Crippen molar-refractivity contribution in [1.82, 2.24) is 18.8 Å². The average molecular weight is 369 g/mol. The monoisotopic (exact) mass is 368 g/mol. The Kier molecular flexibility index (Phi) is 6.08. The molecule has 0 bridgehead atoms. The molecule has 1 aromatic carbocycles. The highest BCUT2D eigenvalue weighted by Gasteiger charge is 2.16. The number of benzene rings is 1. The number of sulfonamides is 1. The van der Waals surface area contributed by atoms with Crippen LogP contribution in [0.4, 0.5) is 0 Å². The van der Waals surface area contributed by atoms with E-state index >= 15 is 0 Å². The highest BCUT2D eigenvalue weighted by Crippen LogP contribution is 2.17. The van der Waals surface area contributed by atoms with Crippen LogP contribution in [0.25, 0.3) is 11.0 Å². The van der Waals surface area contributed by atoms with Crippen LogP contribution in [-0.2, 0) is 24.1 Å². The lowest BCUT2D eigenvalue weighted by Crippen LogP contribution is -2.29. The molecule has 8 heteroatoms. The molecule has 7 nitrogen and oxygen atoms in total. The number of hydrogen-bond donors (Lipinski definition) is 1. The number of fused-ring (bicyclic) bond motifs is 1. The maximum absolute atomic E-state index is 12.5. The quantitative estimate of drug-likeness (QED) is 0.712. The number of aromatic nitrogens is 2. The van der Waals surface area contributed by atoms with E-state index in [1.165, 1.54) is 15.2 Å². The number of unbranched alkanes of at least 4 members (excludes halogenated alkanes) is 1. The minimum absolute atomic E-state index is 0.174. The second-order valence-corrected chi connectivity index (χ2v) is 8.50. The number of rotatable bonds is 8. The zero-order chi connectivity index (χ0) is 18.8. The van der Waals surface area contributed by atoms with Crippen molar-refractivity contribution in [2.75, 3.05) is 20.1 Å². The molecule has 0 atom stereocenters. The van der Waals surface area contributed by atoms with E-state index in [2.05, 4.69) is 30.5 Å². The van der Waals surface area contributed by atoms with Crippen LogP contribution in [0.15, 0.2) is 27.9 Å². The summed E-state index contributed by atoms with van der Waals surface area (Å²) < 4.78 is 30.5. The summed E-state index contributed by atoms with van der Waals surface area (Å²) in [7, 11) is 1.80. The molecule has 25 heavy (non-hydrogen) atoms. The van der Waals surface area contributed by atoms with Gasteiger partial charge in [0.05, 0.1) is 15.9 Å². The summed E-state index contributed by atoms with van der Waals surface area (Å²) in [5, 5.41) is 0. The lowest BCUT2D eigenvalue weighted by molar-refractivity contribution is 0.268. The van der Waals surface area contributed by atoms with Crippen LogP contribution >= 0.6 is 0 Å². The third-order valence-corrected chi connectivity index (χ3v) is 6.12. The van der Waals surface area contributed by atoms with Crippen LogP contribution in [0, 0.1) is 0 Å². The van der Waals surface area contributed by atoms with Crippen LogP contribution in [-0.4, -0.2) is 48.6 Å². The SMILES string of the molecule is CC(C)N(C)CCCCNS(=O)(=O)c1ccc2c(c1)n(C)c(=O)n2C. The van der Waals surface area contributed by atoms with E-state index < -0.39 is 10.0 Å². The fraction of sp³-hybridized carbons (Fsp3) is 0.588. The molecule has 0 unspecified atom stereocenters. The van der Waals surface area contributed by atoms with Gasteiger partial charge in [0, 0.05) is 26.7 Å². The summed E-state index contributed by atoms with van der Waals surface area (Å²) in [6.07, 6.45) is 1.71. The van der Waals surface area contributed by atoms with Crippen molar-refractivity contribution in [2.45, 2.75) is 37.6 Å². The van der Waals surface area contributed by atoms with Crippen molar-refractivity contribution in [3.8, 4) is 0 Å². The van der Waals surface area contributed by atoms with Gasteiger partial charge in [0.15, 0.2) is 0 Å². The lowest BCUT2D eigenvalue weighted by atomic mass is 10.2. The van der Waals surface area contributed by atoms with Gasteiger partial charge in [-0.2, -0.15) is 0 Å². The van der Waals surface area contributed by atoms with Gasteiger partial charge in [0.1, 0.15) is 0 Å². The van der Waals surface area contributed by atoms with Crippen LogP contribution in [0.1, 0.15) is 26.7 Å². The minimum atomic E-state index is -3.58. The Bertz CT molecular complexity index is 896. The molecule has 1 N–H and O–H groups in total. The Balaban J connectivity index is 2.04. The van der Waals surface area contributed by atoms with E-state index in [1.807, 2.05) is 0 Å². The first-order valence-electron chi connectivity index (χ1n) is 8.50. The molecular weight excluding hydrogens is 340 g/mol. The normalized spacial score (nSPS) is 12.6. The van der Waals surface area contributed by atoms with Crippen molar-refractivity contribution in [2.24, 2.45) is 14.1 Å². The molecule has 140 valence electrons. The van der Waals surface area contributed by atoms with Crippen molar-refractivity contribution >= 4 is 21.1 Å². The van der Waals surface area contributed by atoms with Crippen molar-refractivity contribution < 1.29 is 8.42 Å². The number of hydrogen-bond acceptors (Lipinski definition) is 4. The third kappa shape index (κ3) is 4.31. The highest BCUT2D eigenvalue weighted by molar-refractivity contribution is 7.89. The van der Waals surface area contributed by atoms with Gasteiger partial charge < -0.3 is 4.90 Å². The van der Waals surface area contributed by atoms with Gasteiger partial charge in [-0.05, 0) is 58.5 Å². The van der Waals surface area contributed by atoms with E-state index in [0.29, 0.717) is 23.6 Å². The first-order chi connectivity index (χ1) is 11.6. The van der Waals surface area contributed by atoms with Crippen LogP contribution in [0.2, 0.25) is 0 Å². The molecule has 2 rings (SSSR count). The van der Waals surface area contributed by atoms with E-state index in [9.17, 15) is 13.2 Å². The Hall–Kier alpha value is -1.64. The van der Waals surface area contributed by atoms with Crippen LogP contribution in [0.3, 0.4) is 0 Å². The molecule has 0 fully saturated rings. The van der Waals surface area contributed by atoms with Gasteiger partial charge in [-0.3, -0.25) is 9.13 Å². The van der Waals surface area contributed by atoms with E-state index in [-0.39, 0.29) is 10.6 Å². The van der Waals surface area contributed by atoms with Gasteiger partial charge in [-0.1, -0.05) is 0 Å². The molecule has 2 aromatic rings. The maximum atomic E-state index is 12.5. The molecule has 0 aliphatic carbocycles. The predicted molar refractivity (Wildman–Crippen MR) is 100 cm³/mol. The Morgan fingerprint density at radius 1 is 1.12 bits per heavy atom. The summed E-state index contributed by atoms with van der Waals surface area (Å²) in [4.78, 5) is 14.4. The van der Waals surface area contributed by atoms with Gasteiger partial charge in [0.25, 0.3) is 0 Å². The third-order valence-electron chi connectivity index (χ3n) is 4.66. The Labute approximate surface area is 149 Å². The first-order valence-corrected chi connectivity index (χ1v) is 9.99. The summed E-state index contributed by atoms with van der Waals surface area (Å²) in [6.45, 7) is 5.61. The smallest absolute Gasteiger partial charge is 0.304 e. The second-order valence-electron chi connectivity index (χ2n) is 6.73. The Morgan fingerprint density at radius 3 is 2.40 bits per heavy atom. The first kappa shape index (κ1) is 19.7. The van der Waals surface area contributed by atoms with Crippen molar-refractivity contribution in [3.05, 3.63) is 28.7 Å². The zero-order valence-corrected chi connectivity index (χ0v) is 16.4. The fourth-order valence-corrected chi connectivity index (χ4v) is 3.78. The largest absolute Gasteiger partial charge is 0.328 e. The molecule has 0 aliphatic heterocycles. The van der Waals surface area contributed by atoms with E-state index in [0.717, 1.165) is 19.4 Å². The average Bonchev–Trinajstić information content (AvgIpc) is 2.78. The van der Waals surface area contributed by atoms with Gasteiger partial charge in [-0.15, -0.1) is 0 Å². The highest BCUT2D eigenvalue weighted by atomic mass is 32.2. The topological polar surface area (TPSA) is 76.3 Å². The van der Waals surface area contributed by atoms with E-state index in [4.69, 9.17) is 0 Å². The number of nitrogens with zero attached hydrogens (tertiary/aromatic N) is 3. The molecule has 0 spiro atoms. The molecule has 0 aliphatic rings. The van der Waals surface area contributed by atoms with Crippen LogP contribution in [0.5, 0.6) is 0 Å². The molecule has 0 saturated carbocycles. The lowest BCUT2D eigenvalue weighted by Gasteiger charge is -2.20. The van der Waals surface area contributed by atoms with Crippen molar-refractivity contribution in [3.63, 3.8) is 0 Å². The predicted octanol–water partition coefficient (Wildman–Crippen LogP) is 1.28. The standard InChI is InChI=1S/C17H28N4O3S/c1-13(2)19(3)11-7-6-10-18-25(23,24)14-8-9-15-16(12-14)21(5)17(22)20(15)4/h8-9,12-13,18H,6-7,10-11H2,1-5H3. The number of aryl methyl sites for hydroxylation is 2. The molecule has 0 radical (unpaired) electrons. The molecular formula is C17H28N4O3S. The van der Waals surface area contributed by atoms with Gasteiger partial charge >= 0.3 is 5.69 Å². The summed E-state index contributed by atoms with van der Waals surface area (Å²) in [5.74, 6) is 0.